The van der Waals surface area contributed by atoms with Crippen LogP contribution in [0.5, 0.6) is 0 Å². The van der Waals surface area contributed by atoms with Crippen molar-refractivity contribution in [1.82, 2.24) is 4.84 Å². The Bertz CT molecular complexity index is 461. The first-order valence-electron chi connectivity index (χ1n) is 7.63. The van der Waals surface area contributed by atoms with Crippen LogP contribution in [-0.4, -0.2) is 17.6 Å². The Balaban J connectivity index is 1.95. The highest BCUT2D eigenvalue weighted by molar-refractivity contribution is 6.13. The summed E-state index contributed by atoms with van der Waals surface area (Å²) in [5.41, 5.74) is 1.55. The van der Waals surface area contributed by atoms with E-state index in [1.807, 2.05) is 24.3 Å². The number of aliphatic hydroxyl groups excluding tert-OH is 1. The highest BCUT2D eigenvalue weighted by Gasteiger charge is 2.21. The summed E-state index contributed by atoms with van der Waals surface area (Å²) in [6.45, 7) is 0.529. The normalized spacial score (nSPS) is 17.4. The smallest absolute Gasteiger partial charge is 0.227 e. The lowest BCUT2D eigenvalue weighted by Crippen LogP contribution is -2.24. The molecule has 1 aliphatic carbocycles. The summed E-state index contributed by atoms with van der Waals surface area (Å²) in [5.74, 6) is 0.233. The summed E-state index contributed by atoms with van der Waals surface area (Å²) < 4.78 is 0. The second-order valence-electron chi connectivity index (χ2n) is 5.64. The van der Waals surface area contributed by atoms with Crippen molar-refractivity contribution >= 4 is 23.4 Å². The number of anilines is 1. The van der Waals surface area contributed by atoms with Crippen LogP contribution in [0.1, 0.15) is 50.2 Å². The van der Waals surface area contributed by atoms with Crippen LogP contribution in [0.15, 0.2) is 24.3 Å². The number of carbonyl (C=O) groups excluding carboxylic acids is 1. The molecule has 0 aromatic heterocycles. The molecule has 5 heteroatoms. The van der Waals surface area contributed by atoms with E-state index in [0.717, 1.165) is 36.9 Å². The van der Waals surface area contributed by atoms with Crippen molar-refractivity contribution in [3.63, 3.8) is 0 Å². The average Bonchev–Trinajstić information content (AvgIpc) is 2.53. The molecule has 1 aromatic rings. The molecule has 2 rings (SSSR count). The Labute approximate surface area is 131 Å². The maximum absolute atomic E-state index is 12.2. The van der Waals surface area contributed by atoms with Crippen LogP contribution in [0.25, 0.3) is 0 Å². The van der Waals surface area contributed by atoms with E-state index in [9.17, 15) is 9.90 Å². The topological polar surface area (TPSA) is 61.4 Å². The molecular formula is C16H23ClN2O2. The van der Waals surface area contributed by atoms with Crippen LogP contribution in [-0.2, 0) is 4.79 Å². The van der Waals surface area contributed by atoms with Crippen LogP contribution in [0.3, 0.4) is 0 Å². The minimum absolute atomic E-state index is 0.101. The molecule has 1 amide bonds. The lowest BCUT2D eigenvalue weighted by Gasteiger charge is -2.21. The number of hydrogen-bond acceptors (Lipinski definition) is 3. The zero-order chi connectivity index (χ0) is 15.1. The molecule has 4 nitrogen and oxygen atoms in total. The van der Waals surface area contributed by atoms with E-state index in [4.69, 9.17) is 11.8 Å². The average molecular weight is 311 g/mol. The molecule has 1 saturated carbocycles. The van der Waals surface area contributed by atoms with Crippen LogP contribution in [0.2, 0.25) is 0 Å². The lowest BCUT2D eigenvalue weighted by atomic mass is 9.88. The third-order valence-corrected chi connectivity index (χ3v) is 4.22. The number of carbonyl (C=O) groups is 1. The second-order valence-corrected chi connectivity index (χ2v) is 5.91. The summed E-state index contributed by atoms with van der Waals surface area (Å²) in [7, 11) is 0. The predicted molar refractivity (Wildman–Crippen MR) is 85.1 cm³/mol. The number of halogens is 1. The van der Waals surface area contributed by atoms with Gasteiger partial charge in [0, 0.05) is 18.2 Å². The number of hydrogen-bond donors (Lipinski definition) is 3. The molecule has 0 saturated heterocycles. The quantitative estimate of drug-likeness (QED) is 0.706. The Hall–Kier alpha value is -1.10. The molecular weight excluding hydrogens is 288 g/mol. The maximum atomic E-state index is 12.2. The van der Waals surface area contributed by atoms with Crippen molar-refractivity contribution in [2.75, 3.05) is 11.9 Å². The number of rotatable bonds is 6. The maximum Gasteiger partial charge on any atom is 0.227 e. The summed E-state index contributed by atoms with van der Waals surface area (Å²) in [6.07, 6.45) is 5.43. The highest BCUT2D eigenvalue weighted by atomic mass is 35.5. The number of benzene rings is 1. The Morgan fingerprint density at radius 2 is 2.10 bits per heavy atom. The Morgan fingerprint density at radius 3 is 2.81 bits per heavy atom. The van der Waals surface area contributed by atoms with Gasteiger partial charge in [-0.2, -0.15) is 0 Å². The van der Waals surface area contributed by atoms with Gasteiger partial charge in [-0.3, -0.25) is 4.79 Å². The second kappa shape index (κ2) is 8.37. The van der Waals surface area contributed by atoms with E-state index in [-0.39, 0.29) is 11.8 Å². The van der Waals surface area contributed by atoms with Crippen molar-refractivity contribution in [3.8, 4) is 0 Å². The molecule has 1 aromatic carbocycles. The SMILES string of the molecule is O=C(Nc1cccc(C(O)CCNCl)c1)C1CCCCC1. The monoisotopic (exact) mass is 310 g/mol. The number of amides is 1. The van der Waals surface area contributed by atoms with Gasteiger partial charge in [-0.1, -0.05) is 31.4 Å². The molecule has 1 atom stereocenters. The summed E-state index contributed by atoms with van der Waals surface area (Å²) in [4.78, 5) is 14.7. The molecule has 0 heterocycles. The summed E-state index contributed by atoms with van der Waals surface area (Å²) in [6, 6.07) is 7.40. The van der Waals surface area contributed by atoms with Gasteiger partial charge in [0.05, 0.1) is 6.10 Å². The zero-order valence-corrected chi connectivity index (χ0v) is 12.9. The van der Waals surface area contributed by atoms with E-state index in [1.54, 1.807) is 0 Å². The molecule has 0 spiro atoms. The van der Waals surface area contributed by atoms with Gasteiger partial charge in [-0.15, -0.1) is 0 Å². The van der Waals surface area contributed by atoms with Gasteiger partial charge in [-0.05, 0) is 48.7 Å². The molecule has 116 valence electrons. The van der Waals surface area contributed by atoms with E-state index in [0.29, 0.717) is 13.0 Å². The van der Waals surface area contributed by atoms with Gasteiger partial charge in [0.15, 0.2) is 0 Å². The number of nitrogens with one attached hydrogen (secondary N) is 2. The number of aliphatic hydroxyl groups is 1. The molecule has 0 aliphatic heterocycles. The Morgan fingerprint density at radius 1 is 1.33 bits per heavy atom. The molecule has 21 heavy (non-hydrogen) atoms. The predicted octanol–water partition coefficient (Wildman–Crippen LogP) is 3.37. The van der Waals surface area contributed by atoms with Gasteiger partial charge >= 0.3 is 0 Å². The largest absolute Gasteiger partial charge is 0.388 e. The fraction of sp³-hybridized carbons (Fsp3) is 0.562. The van der Waals surface area contributed by atoms with Gasteiger partial charge < -0.3 is 10.4 Å². The standard InChI is InChI=1S/C16H23ClN2O2/c17-18-10-9-15(20)13-7-4-8-14(11-13)19-16(21)12-5-2-1-3-6-12/h4,7-8,11-12,15,18,20H,1-3,5-6,9-10H2,(H,19,21). The van der Waals surface area contributed by atoms with Crippen molar-refractivity contribution in [2.45, 2.75) is 44.6 Å². The van der Waals surface area contributed by atoms with Crippen LogP contribution in [0, 0.1) is 5.92 Å². The third kappa shape index (κ3) is 4.99. The van der Waals surface area contributed by atoms with Crippen molar-refractivity contribution < 1.29 is 9.90 Å². The van der Waals surface area contributed by atoms with Crippen LogP contribution >= 0.6 is 11.8 Å². The highest BCUT2D eigenvalue weighted by Crippen LogP contribution is 2.26. The minimum Gasteiger partial charge on any atom is -0.388 e. The van der Waals surface area contributed by atoms with Crippen LogP contribution in [0.4, 0.5) is 5.69 Å². The fourth-order valence-corrected chi connectivity index (χ4v) is 2.90. The van der Waals surface area contributed by atoms with Crippen molar-refractivity contribution in [1.29, 1.82) is 0 Å². The van der Waals surface area contributed by atoms with Gasteiger partial charge in [0.1, 0.15) is 0 Å². The molecule has 0 bridgehead atoms. The van der Waals surface area contributed by atoms with Crippen molar-refractivity contribution in [2.24, 2.45) is 5.92 Å². The first kappa shape index (κ1) is 16.3. The Kier molecular flexibility index (Phi) is 6.49. The third-order valence-electron chi connectivity index (χ3n) is 4.03. The van der Waals surface area contributed by atoms with Crippen molar-refractivity contribution in [3.05, 3.63) is 29.8 Å². The fourth-order valence-electron chi connectivity index (χ4n) is 2.79. The molecule has 1 aliphatic rings. The van der Waals surface area contributed by atoms with Gasteiger partial charge in [0.25, 0.3) is 0 Å². The van der Waals surface area contributed by atoms with Gasteiger partial charge in [-0.25, -0.2) is 4.84 Å². The van der Waals surface area contributed by atoms with E-state index >= 15 is 0 Å². The summed E-state index contributed by atoms with van der Waals surface area (Å²) >= 11 is 5.40. The van der Waals surface area contributed by atoms with Crippen LogP contribution < -0.4 is 10.2 Å². The molecule has 1 unspecified atom stereocenters. The molecule has 3 N–H and O–H groups in total. The van der Waals surface area contributed by atoms with E-state index in [1.165, 1.54) is 6.42 Å². The van der Waals surface area contributed by atoms with Gasteiger partial charge in [0.2, 0.25) is 5.91 Å². The zero-order valence-electron chi connectivity index (χ0n) is 12.1. The minimum atomic E-state index is -0.581. The van der Waals surface area contributed by atoms with E-state index in [2.05, 4.69) is 10.2 Å². The molecule has 1 fully saturated rings. The first-order chi connectivity index (χ1) is 10.2. The first-order valence-corrected chi connectivity index (χ1v) is 8.01. The summed E-state index contributed by atoms with van der Waals surface area (Å²) in [5, 5.41) is 13.0. The lowest BCUT2D eigenvalue weighted by molar-refractivity contribution is -0.120. The molecule has 0 radical (unpaired) electrons. The van der Waals surface area contributed by atoms with E-state index < -0.39 is 6.10 Å².